The van der Waals surface area contributed by atoms with Crippen LogP contribution >= 0.6 is 27.3 Å². The maximum absolute atomic E-state index is 12.6. The Kier molecular flexibility index (Phi) is 4.87. The van der Waals surface area contributed by atoms with E-state index in [1.807, 2.05) is 41.8 Å². The molecule has 27 heavy (non-hydrogen) atoms. The van der Waals surface area contributed by atoms with Gasteiger partial charge in [-0.2, -0.15) is 10.2 Å². The molecule has 0 aliphatic carbocycles. The van der Waals surface area contributed by atoms with Gasteiger partial charge in [0.1, 0.15) is 24.1 Å². The lowest BCUT2D eigenvalue weighted by Gasteiger charge is -2.07. The number of nitrogens with zero attached hydrogens (tertiary/aromatic N) is 4. The fourth-order valence-electron chi connectivity index (χ4n) is 2.63. The minimum atomic E-state index is -0.356. The molecule has 4 aromatic rings. The first-order valence-corrected chi connectivity index (χ1v) is 9.78. The first kappa shape index (κ1) is 17.6. The predicted molar refractivity (Wildman–Crippen MR) is 107 cm³/mol. The van der Waals surface area contributed by atoms with Crippen molar-refractivity contribution in [1.82, 2.24) is 24.7 Å². The number of fused-ring (bicyclic) bond motifs is 1. The van der Waals surface area contributed by atoms with Crippen LogP contribution in [0.1, 0.15) is 5.56 Å². The number of thiophene rings is 1. The Bertz CT molecular complexity index is 1170. The van der Waals surface area contributed by atoms with Gasteiger partial charge in [0, 0.05) is 11.0 Å². The molecular weight excluding hydrogens is 430 g/mol. The van der Waals surface area contributed by atoms with Crippen LogP contribution in [0.3, 0.4) is 0 Å². The van der Waals surface area contributed by atoms with Crippen LogP contribution in [0, 0.1) is 0 Å². The Hall–Kier alpha value is -2.78. The van der Waals surface area contributed by atoms with Gasteiger partial charge in [-0.25, -0.2) is 9.20 Å². The van der Waals surface area contributed by atoms with Crippen LogP contribution in [0.4, 0.5) is 0 Å². The van der Waals surface area contributed by atoms with E-state index in [-0.39, 0.29) is 18.0 Å². The van der Waals surface area contributed by atoms with Crippen molar-refractivity contribution < 1.29 is 4.79 Å². The quantitative estimate of drug-likeness (QED) is 0.513. The highest BCUT2D eigenvalue weighted by Crippen LogP contribution is 2.23. The van der Waals surface area contributed by atoms with Crippen molar-refractivity contribution in [3.05, 3.63) is 74.6 Å². The Morgan fingerprint density at radius 2 is 2.11 bits per heavy atom. The molecule has 4 rings (SSSR count). The fraction of sp³-hybridized carbons (Fsp3) is 0.111. The van der Waals surface area contributed by atoms with E-state index in [1.54, 1.807) is 17.4 Å². The second-order valence-corrected chi connectivity index (χ2v) is 7.70. The van der Waals surface area contributed by atoms with Gasteiger partial charge >= 0.3 is 0 Å². The molecule has 0 aliphatic heterocycles. The summed E-state index contributed by atoms with van der Waals surface area (Å²) in [6.45, 7) is 0.229. The monoisotopic (exact) mass is 443 g/mol. The lowest BCUT2D eigenvalue weighted by atomic mass is 10.2. The topological polar surface area (TPSA) is 81.3 Å². The fourth-order valence-corrected chi connectivity index (χ4v) is 3.76. The Balaban J connectivity index is 1.51. The van der Waals surface area contributed by atoms with Gasteiger partial charge in [-0.3, -0.25) is 9.59 Å². The summed E-state index contributed by atoms with van der Waals surface area (Å²) < 4.78 is 3.53. The van der Waals surface area contributed by atoms with E-state index in [9.17, 15) is 9.59 Å². The first-order chi connectivity index (χ1) is 13.1. The number of carbonyl (C=O) groups is 1. The van der Waals surface area contributed by atoms with Crippen molar-refractivity contribution in [3.63, 3.8) is 0 Å². The van der Waals surface area contributed by atoms with Crippen LogP contribution in [0.2, 0.25) is 0 Å². The minimum Gasteiger partial charge on any atom is -0.350 e. The number of nitrogens with one attached hydrogen (secondary N) is 1. The van der Waals surface area contributed by atoms with Gasteiger partial charge in [-0.05, 0) is 35.2 Å². The third-order valence-corrected chi connectivity index (χ3v) is 5.32. The molecule has 0 fully saturated rings. The molecule has 1 amide bonds. The average Bonchev–Trinajstić information content (AvgIpc) is 3.32. The highest BCUT2D eigenvalue weighted by atomic mass is 79.9. The third kappa shape index (κ3) is 3.83. The second-order valence-electron chi connectivity index (χ2n) is 5.84. The van der Waals surface area contributed by atoms with E-state index in [2.05, 4.69) is 31.4 Å². The summed E-state index contributed by atoms with van der Waals surface area (Å²) in [6.07, 6.45) is 1.44. The van der Waals surface area contributed by atoms with Gasteiger partial charge in [0.25, 0.3) is 5.56 Å². The molecule has 9 heteroatoms. The van der Waals surface area contributed by atoms with E-state index in [0.29, 0.717) is 17.8 Å². The van der Waals surface area contributed by atoms with Crippen LogP contribution in [-0.2, 0) is 17.9 Å². The third-order valence-electron chi connectivity index (χ3n) is 3.94. The van der Waals surface area contributed by atoms with Gasteiger partial charge in [0.2, 0.25) is 5.91 Å². The summed E-state index contributed by atoms with van der Waals surface area (Å²) in [5.74, 6) is -0.285. The number of hydrogen-bond acceptors (Lipinski definition) is 5. The highest BCUT2D eigenvalue weighted by Gasteiger charge is 2.12. The summed E-state index contributed by atoms with van der Waals surface area (Å²) >= 11 is 4.94. The maximum atomic E-state index is 12.6. The molecule has 0 unspecified atom stereocenters. The number of amides is 1. The zero-order chi connectivity index (χ0) is 18.8. The molecule has 1 aromatic carbocycles. The summed E-state index contributed by atoms with van der Waals surface area (Å²) in [4.78, 5) is 25.8. The van der Waals surface area contributed by atoms with Crippen molar-refractivity contribution in [2.45, 2.75) is 13.1 Å². The number of carbonyl (C=O) groups excluding carboxylic acids is 1. The van der Waals surface area contributed by atoms with Crippen LogP contribution in [-0.4, -0.2) is 25.3 Å². The normalized spacial score (nSPS) is 11.0. The van der Waals surface area contributed by atoms with Gasteiger partial charge in [0.15, 0.2) is 0 Å². The molecule has 0 saturated heterocycles. The lowest BCUT2D eigenvalue weighted by molar-refractivity contribution is -0.122. The lowest BCUT2D eigenvalue weighted by Crippen LogP contribution is -2.34. The molecule has 0 radical (unpaired) electrons. The van der Waals surface area contributed by atoms with E-state index in [0.717, 1.165) is 19.6 Å². The zero-order valence-electron chi connectivity index (χ0n) is 14.0. The molecule has 0 spiro atoms. The van der Waals surface area contributed by atoms with Crippen molar-refractivity contribution in [3.8, 4) is 10.6 Å². The molecular formula is C18H14BrN5O2S. The number of rotatable bonds is 5. The Morgan fingerprint density at radius 1 is 1.22 bits per heavy atom. The molecule has 136 valence electrons. The minimum absolute atomic E-state index is 0.150. The second kappa shape index (κ2) is 7.45. The number of halogens is 1. The largest absolute Gasteiger partial charge is 0.350 e. The van der Waals surface area contributed by atoms with Crippen LogP contribution in [0.15, 0.2) is 63.4 Å². The summed E-state index contributed by atoms with van der Waals surface area (Å²) in [5, 5.41) is 13.2. The predicted octanol–water partition coefficient (Wildman–Crippen LogP) is 2.70. The number of hydrogen-bond donors (Lipinski definition) is 1. The highest BCUT2D eigenvalue weighted by molar-refractivity contribution is 9.10. The maximum Gasteiger partial charge on any atom is 0.293 e. The van der Waals surface area contributed by atoms with Gasteiger partial charge in [-0.1, -0.05) is 34.1 Å². The van der Waals surface area contributed by atoms with Crippen LogP contribution in [0.25, 0.3) is 16.1 Å². The number of benzene rings is 1. The zero-order valence-corrected chi connectivity index (χ0v) is 16.4. The standard InChI is InChI=1S/C18H14BrN5O2S/c19-13-4-1-3-12(7-13)9-20-17(25)10-23-18(26)15-8-14(16-5-2-6-27-16)22-24(15)11-21-23/h1-8,11H,9-10H2,(H,20,25). The smallest absolute Gasteiger partial charge is 0.293 e. The SMILES string of the molecule is O=C(Cn1ncn2nc(-c3cccs3)cc2c1=O)NCc1cccc(Br)c1. The van der Waals surface area contributed by atoms with E-state index < -0.39 is 0 Å². The number of aromatic nitrogens is 4. The molecule has 1 N–H and O–H groups in total. The molecule has 3 heterocycles. The molecule has 3 aromatic heterocycles. The van der Waals surface area contributed by atoms with Gasteiger partial charge in [0.05, 0.1) is 4.88 Å². The van der Waals surface area contributed by atoms with Crippen LogP contribution in [0.5, 0.6) is 0 Å². The molecule has 0 atom stereocenters. The van der Waals surface area contributed by atoms with Crippen molar-refractivity contribution in [1.29, 1.82) is 0 Å². The van der Waals surface area contributed by atoms with E-state index in [1.165, 1.54) is 10.8 Å². The molecule has 0 aliphatic rings. The van der Waals surface area contributed by atoms with Crippen molar-refractivity contribution in [2.75, 3.05) is 0 Å². The van der Waals surface area contributed by atoms with Crippen LogP contribution < -0.4 is 10.9 Å². The molecule has 7 nitrogen and oxygen atoms in total. The summed E-state index contributed by atoms with van der Waals surface area (Å²) in [7, 11) is 0. The van der Waals surface area contributed by atoms with Crippen molar-refractivity contribution >= 4 is 38.7 Å². The average molecular weight is 444 g/mol. The van der Waals surface area contributed by atoms with Crippen molar-refractivity contribution in [2.24, 2.45) is 0 Å². The van der Waals surface area contributed by atoms with E-state index >= 15 is 0 Å². The molecule has 0 saturated carbocycles. The first-order valence-electron chi connectivity index (χ1n) is 8.11. The van der Waals surface area contributed by atoms with Gasteiger partial charge in [-0.15, -0.1) is 11.3 Å². The summed E-state index contributed by atoms with van der Waals surface area (Å²) in [5.41, 5.74) is 1.70. The Labute approximate surface area is 166 Å². The van der Waals surface area contributed by atoms with Gasteiger partial charge < -0.3 is 5.32 Å². The Morgan fingerprint density at radius 3 is 2.89 bits per heavy atom. The molecule has 0 bridgehead atoms. The summed E-state index contributed by atoms with van der Waals surface area (Å²) in [6, 6.07) is 13.2. The van der Waals surface area contributed by atoms with E-state index in [4.69, 9.17) is 0 Å².